The van der Waals surface area contributed by atoms with E-state index in [2.05, 4.69) is 10.6 Å². The lowest BCUT2D eigenvalue weighted by molar-refractivity contribution is -0.143. The summed E-state index contributed by atoms with van der Waals surface area (Å²) in [4.78, 5) is 35.0. The first-order valence-corrected chi connectivity index (χ1v) is 7.05. The minimum Gasteiger partial charge on any atom is -0.481 e. The number of hydrogen-bond acceptors (Lipinski definition) is 4. The van der Waals surface area contributed by atoms with Gasteiger partial charge >= 0.3 is 5.97 Å². The van der Waals surface area contributed by atoms with E-state index >= 15 is 0 Å². The number of carbonyl (C=O) groups excluding carboxylic acids is 2. The maximum absolute atomic E-state index is 12.3. The zero-order chi connectivity index (χ0) is 15.9. The van der Waals surface area contributed by atoms with Gasteiger partial charge in [-0.15, -0.1) is 0 Å². The molecular formula is C15H16N2O5. The summed E-state index contributed by atoms with van der Waals surface area (Å²) < 4.78 is 5.50. The van der Waals surface area contributed by atoms with Crippen molar-refractivity contribution in [2.75, 3.05) is 11.9 Å². The van der Waals surface area contributed by atoms with Gasteiger partial charge in [0.2, 0.25) is 0 Å². The lowest BCUT2D eigenvalue weighted by atomic mass is 10.1. The first-order chi connectivity index (χ1) is 10.4. The fraction of sp³-hybridized carbons (Fsp3) is 0.400. The van der Waals surface area contributed by atoms with Crippen molar-refractivity contribution in [1.29, 1.82) is 0 Å². The molecule has 1 aromatic carbocycles. The Bertz CT molecular complexity index is 666. The third kappa shape index (κ3) is 2.38. The monoisotopic (exact) mass is 304 g/mol. The van der Waals surface area contributed by atoms with Gasteiger partial charge in [0, 0.05) is 6.54 Å². The Labute approximate surface area is 126 Å². The number of ether oxygens (including phenoxy) is 1. The first kappa shape index (κ1) is 14.4. The highest BCUT2D eigenvalue weighted by Gasteiger charge is 2.50. The quantitative estimate of drug-likeness (QED) is 0.769. The van der Waals surface area contributed by atoms with E-state index in [1.54, 1.807) is 25.1 Å². The van der Waals surface area contributed by atoms with E-state index in [0.717, 1.165) is 0 Å². The molecule has 1 aliphatic heterocycles. The summed E-state index contributed by atoms with van der Waals surface area (Å²) in [5, 5.41) is 14.4. The largest absolute Gasteiger partial charge is 0.481 e. The number of anilines is 1. The Kier molecular flexibility index (Phi) is 3.27. The summed E-state index contributed by atoms with van der Waals surface area (Å²) in [5.41, 5.74) is -0.104. The maximum Gasteiger partial charge on any atom is 0.311 e. The lowest BCUT2D eigenvalue weighted by Gasteiger charge is -2.25. The average Bonchev–Trinajstić information content (AvgIpc) is 3.27. The van der Waals surface area contributed by atoms with Crippen LogP contribution in [0.2, 0.25) is 0 Å². The van der Waals surface area contributed by atoms with E-state index in [0.29, 0.717) is 24.3 Å². The van der Waals surface area contributed by atoms with Crippen LogP contribution in [0, 0.1) is 5.41 Å². The molecule has 1 saturated carbocycles. The SMILES string of the molecule is CC1Oc2c(cccc2C(=O)NCC2(C(=O)O)CC2)NC1=O. The van der Waals surface area contributed by atoms with E-state index in [1.165, 1.54) is 0 Å². The number of benzene rings is 1. The topological polar surface area (TPSA) is 105 Å². The molecule has 22 heavy (non-hydrogen) atoms. The van der Waals surface area contributed by atoms with Gasteiger partial charge in [-0.1, -0.05) is 6.07 Å². The second-order valence-corrected chi connectivity index (χ2v) is 5.70. The molecule has 0 spiro atoms. The number of amides is 2. The molecule has 1 fully saturated rings. The Hall–Kier alpha value is -2.57. The highest BCUT2D eigenvalue weighted by molar-refractivity contribution is 6.04. The number of carbonyl (C=O) groups is 3. The predicted molar refractivity (Wildman–Crippen MR) is 76.8 cm³/mol. The molecule has 7 heteroatoms. The van der Waals surface area contributed by atoms with Crippen molar-refractivity contribution >= 4 is 23.5 Å². The molecule has 1 unspecified atom stereocenters. The summed E-state index contributed by atoms with van der Waals surface area (Å²) in [6.07, 6.45) is 0.452. The fourth-order valence-electron chi connectivity index (χ4n) is 2.37. The molecule has 0 aromatic heterocycles. The number of rotatable bonds is 4. The Morgan fingerprint density at radius 2 is 2.18 bits per heavy atom. The molecule has 7 nitrogen and oxygen atoms in total. The summed E-state index contributed by atoms with van der Waals surface area (Å²) >= 11 is 0. The highest BCUT2D eigenvalue weighted by Crippen LogP contribution is 2.45. The summed E-state index contributed by atoms with van der Waals surface area (Å²) in [6, 6.07) is 4.87. The number of nitrogens with one attached hydrogen (secondary N) is 2. The van der Waals surface area contributed by atoms with E-state index < -0.39 is 23.4 Å². The van der Waals surface area contributed by atoms with Gasteiger partial charge in [0.05, 0.1) is 16.7 Å². The molecule has 1 heterocycles. The molecule has 1 aromatic rings. The summed E-state index contributed by atoms with van der Waals surface area (Å²) in [5.74, 6) is -1.26. The Morgan fingerprint density at radius 3 is 2.82 bits per heavy atom. The number of carboxylic acid groups (broad SMARTS) is 1. The van der Waals surface area contributed by atoms with Crippen LogP contribution in [0.25, 0.3) is 0 Å². The minimum absolute atomic E-state index is 0.0900. The maximum atomic E-state index is 12.3. The van der Waals surface area contributed by atoms with Gasteiger partial charge in [-0.25, -0.2) is 0 Å². The van der Waals surface area contributed by atoms with Crippen LogP contribution >= 0.6 is 0 Å². The summed E-state index contributed by atoms with van der Waals surface area (Å²) in [7, 11) is 0. The molecule has 1 aliphatic carbocycles. The van der Waals surface area contributed by atoms with Gasteiger partial charge < -0.3 is 20.5 Å². The Balaban J connectivity index is 1.78. The van der Waals surface area contributed by atoms with Gasteiger partial charge in [0.25, 0.3) is 11.8 Å². The predicted octanol–water partition coefficient (Wildman–Crippen LogP) is 1.00. The van der Waals surface area contributed by atoms with E-state index in [-0.39, 0.29) is 18.0 Å². The Morgan fingerprint density at radius 1 is 1.45 bits per heavy atom. The van der Waals surface area contributed by atoms with E-state index in [9.17, 15) is 14.4 Å². The van der Waals surface area contributed by atoms with Crippen LogP contribution in [0.3, 0.4) is 0 Å². The van der Waals surface area contributed by atoms with Gasteiger partial charge in [-0.05, 0) is 31.9 Å². The van der Waals surface area contributed by atoms with Crippen LogP contribution in [0.4, 0.5) is 5.69 Å². The van der Waals surface area contributed by atoms with Crippen LogP contribution < -0.4 is 15.4 Å². The zero-order valence-electron chi connectivity index (χ0n) is 12.0. The van der Waals surface area contributed by atoms with Crippen molar-refractivity contribution in [3.05, 3.63) is 23.8 Å². The number of hydrogen-bond donors (Lipinski definition) is 3. The number of carboxylic acids is 1. The smallest absolute Gasteiger partial charge is 0.311 e. The van der Waals surface area contributed by atoms with E-state index in [1.807, 2.05) is 0 Å². The molecule has 3 N–H and O–H groups in total. The molecule has 2 aliphatic rings. The van der Waals surface area contributed by atoms with Crippen molar-refractivity contribution in [2.45, 2.75) is 25.9 Å². The first-order valence-electron chi connectivity index (χ1n) is 7.05. The van der Waals surface area contributed by atoms with Crippen LogP contribution in [0.15, 0.2) is 18.2 Å². The molecular weight excluding hydrogens is 288 g/mol. The average molecular weight is 304 g/mol. The zero-order valence-corrected chi connectivity index (χ0v) is 12.0. The van der Waals surface area contributed by atoms with Crippen molar-refractivity contribution < 1.29 is 24.2 Å². The van der Waals surface area contributed by atoms with Gasteiger partial charge in [-0.3, -0.25) is 14.4 Å². The molecule has 0 bridgehead atoms. The second kappa shape index (κ2) is 5.01. The molecule has 116 valence electrons. The van der Waals surface area contributed by atoms with Crippen molar-refractivity contribution in [1.82, 2.24) is 5.32 Å². The van der Waals surface area contributed by atoms with Crippen LogP contribution in [0.5, 0.6) is 5.75 Å². The van der Waals surface area contributed by atoms with Gasteiger partial charge in [0.1, 0.15) is 0 Å². The van der Waals surface area contributed by atoms with Gasteiger partial charge in [0.15, 0.2) is 11.9 Å². The lowest BCUT2D eigenvalue weighted by Crippen LogP contribution is -2.37. The fourth-order valence-corrected chi connectivity index (χ4v) is 2.37. The molecule has 0 radical (unpaired) electrons. The summed E-state index contributed by atoms with van der Waals surface area (Å²) in [6.45, 7) is 1.68. The third-order valence-electron chi connectivity index (χ3n) is 4.08. The van der Waals surface area contributed by atoms with Crippen LogP contribution in [0.1, 0.15) is 30.1 Å². The molecule has 2 amide bonds. The number of fused-ring (bicyclic) bond motifs is 1. The van der Waals surface area contributed by atoms with E-state index in [4.69, 9.17) is 9.84 Å². The normalized spacial score (nSPS) is 21.1. The van der Waals surface area contributed by atoms with Crippen molar-refractivity contribution in [3.8, 4) is 5.75 Å². The van der Waals surface area contributed by atoms with Crippen molar-refractivity contribution in [2.24, 2.45) is 5.41 Å². The second-order valence-electron chi connectivity index (χ2n) is 5.70. The van der Waals surface area contributed by atoms with Crippen LogP contribution in [-0.2, 0) is 9.59 Å². The molecule has 0 saturated heterocycles. The third-order valence-corrected chi connectivity index (χ3v) is 4.08. The number of aliphatic carboxylic acids is 1. The standard InChI is InChI=1S/C15H16N2O5/c1-8-12(18)17-10-4-2-3-9(11(10)22-8)13(19)16-7-15(5-6-15)14(20)21/h2-4,8H,5-7H2,1H3,(H,16,19)(H,17,18)(H,20,21). The van der Waals surface area contributed by atoms with Gasteiger partial charge in [-0.2, -0.15) is 0 Å². The van der Waals surface area contributed by atoms with Crippen LogP contribution in [-0.4, -0.2) is 35.5 Å². The molecule has 1 atom stereocenters. The minimum atomic E-state index is -0.889. The molecule has 3 rings (SSSR count). The van der Waals surface area contributed by atoms with Crippen molar-refractivity contribution in [3.63, 3.8) is 0 Å². The number of para-hydroxylation sites is 1. The highest BCUT2D eigenvalue weighted by atomic mass is 16.5.